The SMILES string of the molecule is CC(C)(C)OC(=O)NC1CC(CC(=O)c2ccc(COc3cccc([C@](O)(C(=O)OCC4CCN(Cc5ccccc5)CC4)c4ccccc4)c3)cc2)C1. The maximum atomic E-state index is 13.8. The summed E-state index contributed by atoms with van der Waals surface area (Å²) in [5.41, 5.74) is 0.996. The van der Waals surface area contributed by atoms with Crippen molar-refractivity contribution in [2.24, 2.45) is 11.8 Å². The van der Waals surface area contributed by atoms with Gasteiger partial charge in [-0.1, -0.05) is 97.1 Å². The summed E-state index contributed by atoms with van der Waals surface area (Å²) in [5.74, 6) is 0.283. The first kappa shape index (κ1) is 38.7. The summed E-state index contributed by atoms with van der Waals surface area (Å²) in [6.45, 7) is 8.72. The fourth-order valence-corrected chi connectivity index (χ4v) is 7.17. The van der Waals surface area contributed by atoms with Crippen LogP contribution in [-0.4, -0.2) is 59.2 Å². The number of benzene rings is 4. The van der Waals surface area contributed by atoms with Gasteiger partial charge < -0.3 is 24.6 Å². The van der Waals surface area contributed by atoms with Gasteiger partial charge in [-0.3, -0.25) is 9.69 Å². The van der Waals surface area contributed by atoms with Gasteiger partial charge in [-0.05, 0) is 100 Å². The number of hydrogen-bond acceptors (Lipinski definition) is 8. The molecular weight excluding hydrogens is 681 g/mol. The van der Waals surface area contributed by atoms with Gasteiger partial charge in [-0.15, -0.1) is 0 Å². The molecule has 1 atom stereocenters. The zero-order valence-electron chi connectivity index (χ0n) is 31.5. The number of Topliss-reactive ketones (excluding diaryl/α,β-unsaturated/α-hetero) is 1. The van der Waals surface area contributed by atoms with Crippen molar-refractivity contribution in [2.45, 2.75) is 83.3 Å². The van der Waals surface area contributed by atoms with Gasteiger partial charge in [-0.2, -0.15) is 0 Å². The van der Waals surface area contributed by atoms with E-state index in [9.17, 15) is 19.5 Å². The molecule has 0 spiro atoms. The lowest BCUT2D eigenvalue weighted by Crippen LogP contribution is -2.46. The average molecular weight is 733 g/mol. The number of carbonyl (C=O) groups excluding carboxylic acids is 3. The number of amides is 1. The predicted octanol–water partition coefficient (Wildman–Crippen LogP) is 7.83. The van der Waals surface area contributed by atoms with Crippen LogP contribution in [0.25, 0.3) is 0 Å². The van der Waals surface area contributed by atoms with Crippen molar-refractivity contribution in [2.75, 3.05) is 19.7 Å². The van der Waals surface area contributed by atoms with Gasteiger partial charge in [0.05, 0.1) is 6.61 Å². The summed E-state index contributed by atoms with van der Waals surface area (Å²) in [6, 6.07) is 33.6. The van der Waals surface area contributed by atoms with Crippen molar-refractivity contribution >= 4 is 17.8 Å². The second kappa shape index (κ2) is 17.4. The number of esters is 1. The van der Waals surface area contributed by atoms with E-state index in [2.05, 4.69) is 34.5 Å². The highest BCUT2D eigenvalue weighted by atomic mass is 16.6. The van der Waals surface area contributed by atoms with Crippen molar-refractivity contribution in [3.8, 4) is 5.75 Å². The molecule has 1 amide bonds. The summed E-state index contributed by atoms with van der Waals surface area (Å²) >= 11 is 0. The van der Waals surface area contributed by atoms with Crippen LogP contribution in [0.2, 0.25) is 0 Å². The third-order valence-corrected chi connectivity index (χ3v) is 10.3. The van der Waals surface area contributed by atoms with Gasteiger partial charge in [0.15, 0.2) is 5.78 Å². The number of carbonyl (C=O) groups is 3. The van der Waals surface area contributed by atoms with Crippen molar-refractivity contribution < 1.29 is 33.7 Å². The molecule has 4 aromatic rings. The summed E-state index contributed by atoms with van der Waals surface area (Å²) < 4.78 is 17.3. The van der Waals surface area contributed by atoms with Crippen LogP contribution in [0, 0.1) is 11.8 Å². The number of nitrogens with zero attached hydrogens (tertiary/aromatic N) is 1. The maximum Gasteiger partial charge on any atom is 0.407 e. The van der Waals surface area contributed by atoms with Crippen molar-refractivity contribution in [1.82, 2.24) is 10.2 Å². The molecule has 9 nitrogen and oxygen atoms in total. The molecule has 2 N–H and O–H groups in total. The largest absolute Gasteiger partial charge is 0.489 e. The lowest BCUT2D eigenvalue weighted by Gasteiger charge is -2.35. The molecule has 54 heavy (non-hydrogen) atoms. The van der Waals surface area contributed by atoms with Crippen LogP contribution in [0.1, 0.15) is 85.5 Å². The zero-order chi connectivity index (χ0) is 38.1. The number of ether oxygens (including phenoxy) is 3. The standard InChI is InChI=1S/C45H52N2O7/c1-44(2,3)54-43(50)46-39-25-35(26-39)27-41(48)36-19-17-33(18-20-36)30-52-40-16-10-15-38(28-40)45(51,37-13-8-5-9-14-37)42(49)53-31-34-21-23-47(24-22-34)29-32-11-6-4-7-12-32/h4-20,28,34-35,39,51H,21-27,29-31H2,1-3H3,(H,46,50)/t35?,39?,45-/m0/s1. The van der Waals surface area contributed by atoms with E-state index in [1.54, 1.807) is 48.5 Å². The molecule has 0 aromatic heterocycles. The Labute approximate surface area is 318 Å². The lowest BCUT2D eigenvalue weighted by atomic mass is 9.76. The normalized spacial score (nSPS) is 18.8. The number of piperidine rings is 1. The van der Waals surface area contributed by atoms with E-state index in [1.165, 1.54) is 5.56 Å². The molecule has 1 heterocycles. The van der Waals surface area contributed by atoms with E-state index in [-0.39, 0.29) is 36.9 Å². The van der Waals surface area contributed by atoms with Gasteiger partial charge in [0, 0.05) is 30.1 Å². The van der Waals surface area contributed by atoms with E-state index in [0.717, 1.165) is 50.9 Å². The number of rotatable bonds is 14. The molecule has 6 rings (SSSR count). The van der Waals surface area contributed by atoms with Crippen molar-refractivity contribution in [1.29, 1.82) is 0 Å². The Morgan fingerprint density at radius 1 is 0.778 bits per heavy atom. The number of likely N-dealkylation sites (tertiary alicyclic amines) is 1. The molecule has 0 bridgehead atoms. The Morgan fingerprint density at radius 3 is 2.09 bits per heavy atom. The molecule has 1 aliphatic carbocycles. The number of nitrogens with one attached hydrogen (secondary N) is 1. The highest BCUT2D eigenvalue weighted by molar-refractivity contribution is 5.96. The molecule has 1 aliphatic heterocycles. The molecule has 284 valence electrons. The number of alkyl carbamates (subject to hydrolysis) is 1. The smallest absolute Gasteiger partial charge is 0.407 e. The highest BCUT2D eigenvalue weighted by Crippen LogP contribution is 2.35. The Bertz CT molecular complexity index is 1840. The third kappa shape index (κ3) is 10.4. The highest BCUT2D eigenvalue weighted by Gasteiger charge is 2.42. The minimum atomic E-state index is -2.02. The van der Waals surface area contributed by atoms with E-state index in [4.69, 9.17) is 14.2 Å². The summed E-state index contributed by atoms with van der Waals surface area (Å²) in [5, 5.41) is 15.0. The summed E-state index contributed by atoms with van der Waals surface area (Å²) in [4.78, 5) is 41.2. The van der Waals surface area contributed by atoms with Crippen LogP contribution >= 0.6 is 0 Å². The van der Waals surface area contributed by atoms with Crippen molar-refractivity contribution in [3.05, 3.63) is 137 Å². The first-order valence-electron chi connectivity index (χ1n) is 19.0. The quantitative estimate of drug-likeness (QED) is 0.0997. The van der Waals surface area contributed by atoms with Gasteiger partial charge in [0.1, 0.15) is 18.0 Å². The van der Waals surface area contributed by atoms with Crippen LogP contribution < -0.4 is 10.1 Å². The van der Waals surface area contributed by atoms with Gasteiger partial charge in [0.2, 0.25) is 5.60 Å². The fraction of sp³-hybridized carbons (Fsp3) is 0.400. The molecule has 9 heteroatoms. The molecule has 4 aromatic carbocycles. The molecule has 0 unspecified atom stereocenters. The zero-order valence-corrected chi connectivity index (χ0v) is 31.5. The third-order valence-electron chi connectivity index (χ3n) is 10.3. The maximum absolute atomic E-state index is 13.8. The second-order valence-electron chi connectivity index (χ2n) is 15.7. The molecule has 0 radical (unpaired) electrons. The van der Waals surface area contributed by atoms with Gasteiger partial charge in [-0.25, -0.2) is 9.59 Å². The average Bonchev–Trinajstić information content (AvgIpc) is 3.15. The Balaban J connectivity index is 1.01. The lowest BCUT2D eigenvalue weighted by molar-refractivity contribution is -0.164. The topological polar surface area (TPSA) is 114 Å². The minimum absolute atomic E-state index is 0.0315. The van der Waals surface area contributed by atoms with E-state index >= 15 is 0 Å². The fourth-order valence-electron chi connectivity index (χ4n) is 7.17. The number of hydrogen-bond donors (Lipinski definition) is 2. The van der Waals surface area contributed by atoms with Gasteiger partial charge >= 0.3 is 12.1 Å². The van der Waals surface area contributed by atoms with Crippen molar-refractivity contribution in [3.63, 3.8) is 0 Å². The monoisotopic (exact) mass is 732 g/mol. The number of ketones is 1. The van der Waals surface area contributed by atoms with Crippen LogP contribution in [-0.2, 0) is 33.0 Å². The van der Waals surface area contributed by atoms with Crippen LogP contribution in [0.5, 0.6) is 5.75 Å². The molecule has 1 saturated carbocycles. The van der Waals surface area contributed by atoms with Crippen LogP contribution in [0.3, 0.4) is 0 Å². The predicted molar refractivity (Wildman–Crippen MR) is 207 cm³/mol. The van der Waals surface area contributed by atoms with Gasteiger partial charge in [0.25, 0.3) is 0 Å². The molecule has 1 saturated heterocycles. The van der Waals surface area contributed by atoms with Crippen LogP contribution in [0.4, 0.5) is 4.79 Å². The van der Waals surface area contributed by atoms with E-state index in [1.807, 2.05) is 57.2 Å². The second-order valence-corrected chi connectivity index (χ2v) is 15.7. The summed E-state index contributed by atoms with van der Waals surface area (Å²) in [6.07, 6.45) is 3.34. The Morgan fingerprint density at radius 2 is 1.43 bits per heavy atom. The minimum Gasteiger partial charge on any atom is -0.489 e. The van der Waals surface area contributed by atoms with E-state index in [0.29, 0.717) is 28.9 Å². The Kier molecular flexibility index (Phi) is 12.5. The Hall–Kier alpha value is -4.99. The van der Waals surface area contributed by atoms with E-state index < -0.39 is 23.3 Å². The number of aliphatic hydroxyl groups is 1. The summed E-state index contributed by atoms with van der Waals surface area (Å²) in [7, 11) is 0. The van der Waals surface area contributed by atoms with Crippen LogP contribution in [0.15, 0.2) is 109 Å². The first-order valence-corrected chi connectivity index (χ1v) is 19.0. The first-order chi connectivity index (χ1) is 25.9. The molecule has 2 fully saturated rings. The molecule has 2 aliphatic rings. The molecular formula is C45H52N2O7.